The van der Waals surface area contributed by atoms with Crippen LogP contribution in [-0.2, 0) is 24.5 Å². The molecule has 1 aromatic heterocycles. The molecule has 6 heteroatoms. The molecule has 0 aliphatic carbocycles. The maximum Gasteiger partial charge on any atom is 0.254 e. The summed E-state index contributed by atoms with van der Waals surface area (Å²) in [6, 6.07) is 11.9. The number of fused-ring (bicyclic) bond motifs is 1. The van der Waals surface area contributed by atoms with Crippen molar-refractivity contribution in [2.75, 3.05) is 7.05 Å². The third kappa shape index (κ3) is 2.99. The van der Waals surface area contributed by atoms with Gasteiger partial charge in [0.25, 0.3) is 5.91 Å². The molecule has 26 heavy (non-hydrogen) atoms. The van der Waals surface area contributed by atoms with Crippen molar-refractivity contribution in [2.24, 2.45) is 0 Å². The molecule has 1 aliphatic heterocycles. The van der Waals surface area contributed by atoms with Crippen LogP contribution < -0.4 is 0 Å². The highest BCUT2D eigenvalue weighted by Crippen LogP contribution is 2.26. The molecule has 2 aromatic carbocycles. The minimum Gasteiger partial charge on any atom is -0.372 e. The summed E-state index contributed by atoms with van der Waals surface area (Å²) in [6.45, 7) is 1.42. The van der Waals surface area contributed by atoms with Crippen LogP contribution in [0.4, 0.5) is 4.39 Å². The van der Waals surface area contributed by atoms with Crippen LogP contribution in [0.3, 0.4) is 0 Å². The third-order valence-electron chi connectivity index (χ3n) is 4.61. The second-order valence-electron chi connectivity index (χ2n) is 6.37. The number of aromatic nitrogens is 2. The first-order valence-corrected chi connectivity index (χ1v) is 8.35. The first kappa shape index (κ1) is 16.5. The van der Waals surface area contributed by atoms with Crippen LogP contribution in [0, 0.1) is 5.82 Å². The number of hydrogen-bond donors (Lipinski definition) is 1. The van der Waals surface area contributed by atoms with E-state index in [1.165, 1.54) is 12.1 Å². The number of nitrogens with zero attached hydrogens (tertiary/aromatic N) is 2. The van der Waals surface area contributed by atoms with E-state index in [9.17, 15) is 9.18 Å². The Balaban J connectivity index is 1.57. The number of ether oxygens (including phenoxy) is 1. The summed E-state index contributed by atoms with van der Waals surface area (Å²) >= 11 is 0. The molecule has 0 spiro atoms. The van der Waals surface area contributed by atoms with Gasteiger partial charge in [0.1, 0.15) is 5.82 Å². The Morgan fingerprint density at radius 2 is 2.04 bits per heavy atom. The lowest BCUT2D eigenvalue weighted by atomic mass is 10.0. The van der Waals surface area contributed by atoms with E-state index < -0.39 is 0 Å². The van der Waals surface area contributed by atoms with Crippen molar-refractivity contribution in [2.45, 2.75) is 19.8 Å². The number of halogens is 1. The van der Waals surface area contributed by atoms with Crippen LogP contribution in [-0.4, -0.2) is 28.1 Å². The van der Waals surface area contributed by atoms with E-state index in [4.69, 9.17) is 4.74 Å². The fourth-order valence-corrected chi connectivity index (χ4v) is 3.23. The van der Waals surface area contributed by atoms with Crippen LogP contribution in [0.25, 0.3) is 11.3 Å². The predicted molar refractivity (Wildman–Crippen MR) is 94.7 cm³/mol. The van der Waals surface area contributed by atoms with Crippen LogP contribution >= 0.6 is 0 Å². The Bertz CT molecular complexity index is 950. The van der Waals surface area contributed by atoms with Gasteiger partial charge in [-0.15, -0.1) is 0 Å². The molecule has 4 rings (SSSR count). The molecule has 5 nitrogen and oxygen atoms in total. The number of amides is 1. The Kier molecular flexibility index (Phi) is 4.26. The normalized spacial score (nSPS) is 12.8. The molecule has 2 heterocycles. The Morgan fingerprint density at radius 1 is 1.23 bits per heavy atom. The molecule has 0 saturated carbocycles. The summed E-state index contributed by atoms with van der Waals surface area (Å²) < 4.78 is 18.6. The van der Waals surface area contributed by atoms with Gasteiger partial charge in [-0.2, -0.15) is 5.10 Å². The molecule has 1 aliphatic rings. The minimum absolute atomic E-state index is 0.0568. The van der Waals surface area contributed by atoms with Gasteiger partial charge in [-0.25, -0.2) is 4.39 Å². The Labute approximate surface area is 150 Å². The van der Waals surface area contributed by atoms with Crippen molar-refractivity contribution in [1.29, 1.82) is 0 Å². The molecule has 1 amide bonds. The Hall–Kier alpha value is -2.99. The quantitative estimate of drug-likeness (QED) is 0.782. The van der Waals surface area contributed by atoms with Crippen LogP contribution in [0.5, 0.6) is 0 Å². The number of nitrogens with one attached hydrogen (secondary N) is 1. The summed E-state index contributed by atoms with van der Waals surface area (Å²) in [7, 11) is 1.76. The van der Waals surface area contributed by atoms with E-state index in [0.29, 0.717) is 25.3 Å². The van der Waals surface area contributed by atoms with E-state index >= 15 is 0 Å². The van der Waals surface area contributed by atoms with Crippen molar-refractivity contribution in [3.8, 4) is 11.3 Å². The number of carbonyl (C=O) groups excluding carboxylic acids is 1. The number of carbonyl (C=O) groups is 1. The van der Waals surface area contributed by atoms with Crippen molar-refractivity contribution >= 4 is 5.91 Å². The van der Waals surface area contributed by atoms with Gasteiger partial charge in [0, 0.05) is 30.3 Å². The van der Waals surface area contributed by atoms with Gasteiger partial charge in [0.15, 0.2) is 0 Å². The molecule has 0 fully saturated rings. The van der Waals surface area contributed by atoms with E-state index in [1.54, 1.807) is 30.3 Å². The highest BCUT2D eigenvalue weighted by Gasteiger charge is 2.22. The molecular formula is C20H18FN3O2. The summed E-state index contributed by atoms with van der Waals surface area (Å²) in [6.07, 6.45) is 1.70. The lowest BCUT2D eigenvalue weighted by molar-refractivity contribution is 0.0780. The molecule has 0 saturated heterocycles. The number of rotatable bonds is 4. The molecule has 0 radical (unpaired) electrons. The highest BCUT2D eigenvalue weighted by atomic mass is 19.1. The molecular weight excluding hydrogens is 333 g/mol. The molecule has 132 valence electrons. The average molecular weight is 351 g/mol. The third-order valence-corrected chi connectivity index (χ3v) is 4.61. The van der Waals surface area contributed by atoms with E-state index in [-0.39, 0.29) is 11.7 Å². The Morgan fingerprint density at radius 3 is 2.85 bits per heavy atom. The smallest absolute Gasteiger partial charge is 0.254 e. The molecule has 3 aromatic rings. The van der Waals surface area contributed by atoms with Crippen molar-refractivity contribution < 1.29 is 13.9 Å². The van der Waals surface area contributed by atoms with Gasteiger partial charge >= 0.3 is 0 Å². The summed E-state index contributed by atoms with van der Waals surface area (Å²) in [5, 5.41) is 7.02. The zero-order chi connectivity index (χ0) is 18.1. The summed E-state index contributed by atoms with van der Waals surface area (Å²) in [5.41, 5.74) is 5.19. The van der Waals surface area contributed by atoms with Crippen molar-refractivity contribution in [3.05, 3.63) is 76.7 Å². The van der Waals surface area contributed by atoms with Crippen LogP contribution in [0.2, 0.25) is 0 Å². The molecule has 0 bridgehead atoms. The minimum atomic E-state index is -0.290. The number of benzene rings is 2. The lowest BCUT2D eigenvalue weighted by Crippen LogP contribution is -2.27. The average Bonchev–Trinajstić information content (AvgIpc) is 3.30. The maximum atomic E-state index is 13.2. The number of H-pyrrole nitrogens is 1. The first-order valence-electron chi connectivity index (χ1n) is 8.35. The lowest BCUT2D eigenvalue weighted by Gasteiger charge is -2.19. The van der Waals surface area contributed by atoms with Gasteiger partial charge in [-0.05, 0) is 41.5 Å². The monoisotopic (exact) mass is 351 g/mol. The van der Waals surface area contributed by atoms with Gasteiger partial charge in [0.2, 0.25) is 0 Å². The first-order chi connectivity index (χ1) is 12.6. The van der Waals surface area contributed by atoms with Gasteiger partial charge in [-0.3, -0.25) is 9.89 Å². The zero-order valence-electron chi connectivity index (χ0n) is 14.3. The van der Waals surface area contributed by atoms with Gasteiger partial charge < -0.3 is 9.64 Å². The highest BCUT2D eigenvalue weighted by molar-refractivity contribution is 5.96. The fourth-order valence-electron chi connectivity index (χ4n) is 3.23. The van der Waals surface area contributed by atoms with Gasteiger partial charge in [-0.1, -0.05) is 12.1 Å². The maximum absolute atomic E-state index is 13.2. The second-order valence-corrected chi connectivity index (χ2v) is 6.37. The summed E-state index contributed by atoms with van der Waals surface area (Å²) in [5.74, 6) is -0.346. The SMILES string of the molecule is CN(Cc1cn[nH]c1-c1ccc(F)cc1)C(=O)c1cccc2c1COC2. The van der Waals surface area contributed by atoms with E-state index in [0.717, 1.165) is 27.9 Å². The van der Waals surface area contributed by atoms with Gasteiger partial charge in [0.05, 0.1) is 25.1 Å². The molecule has 0 atom stereocenters. The molecule has 0 unspecified atom stereocenters. The fraction of sp³-hybridized carbons (Fsp3) is 0.200. The molecule has 1 N–H and O–H groups in total. The summed E-state index contributed by atoms with van der Waals surface area (Å²) in [4.78, 5) is 14.6. The number of aromatic amines is 1. The van der Waals surface area contributed by atoms with Crippen LogP contribution in [0.1, 0.15) is 27.0 Å². The predicted octanol–water partition coefficient (Wildman–Crippen LogP) is 3.52. The largest absolute Gasteiger partial charge is 0.372 e. The zero-order valence-corrected chi connectivity index (χ0v) is 14.3. The second kappa shape index (κ2) is 6.72. The number of hydrogen-bond acceptors (Lipinski definition) is 3. The van der Waals surface area contributed by atoms with Crippen LogP contribution in [0.15, 0.2) is 48.7 Å². The van der Waals surface area contributed by atoms with Crippen molar-refractivity contribution in [3.63, 3.8) is 0 Å². The van der Waals surface area contributed by atoms with Crippen molar-refractivity contribution in [1.82, 2.24) is 15.1 Å². The van der Waals surface area contributed by atoms with E-state index in [1.807, 2.05) is 18.2 Å². The standard InChI is InChI=1S/C20H18FN3O2/c1-24(20(25)17-4-2-3-14-11-26-12-18(14)17)10-15-9-22-23-19(15)13-5-7-16(21)8-6-13/h2-9H,10-12H2,1H3,(H,22,23). The topological polar surface area (TPSA) is 58.2 Å². The van der Waals surface area contributed by atoms with E-state index in [2.05, 4.69) is 10.2 Å².